The highest BCUT2D eigenvalue weighted by Crippen LogP contribution is 2.51. The SMILES string of the molecule is CC(C)N1CC[C@]2(C)CCN(C(C)C)[C@]2(C)C1. The average Bonchev–Trinajstić information content (AvgIpc) is 2.49. The van der Waals surface area contributed by atoms with Gasteiger partial charge in [-0.25, -0.2) is 0 Å². The van der Waals surface area contributed by atoms with Crippen molar-refractivity contribution in [2.45, 2.75) is 72.0 Å². The normalized spacial score (nSPS) is 40.2. The molecule has 0 aliphatic carbocycles. The quantitative estimate of drug-likeness (QED) is 0.730. The van der Waals surface area contributed by atoms with Crippen molar-refractivity contribution in [2.75, 3.05) is 19.6 Å². The van der Waals surface area contributed by atoms with Crippen molar-refractivity contribution in [3.63, 3.8) is 0 Å². The Hall–Kier alpha value is -0.0800. The zero-order valence-corrected chi connectivity index (χ0v) is 12.6. The van der Waals surface area contributed by atoms with Crippen LogP contribution in [0.15, 0.2) is 0 Å². The van der Waals surface area contributed by atoms with Crippen LogP contribution in [0.5, 0.6) is 0 Å². The summed E-state index contributed by atoms with van der Waals surface area (Å²) in [5, 5.41) is 0. The minimum Gasteiger partial charge on any atom is -0.299 e. The summed E-state index contributed by atoms with van der Waals surface area (Å²) in [7, 11) is 0. The fourth-order valence-corrected chi connectivity index (χ4v) is 4.04. The smallest absolute Gasteiger partial charge is 0.0365 e. The van der Waals surface area contributed by atoms with Crippen LogP contribution in [-0.4, -0.2) is 47.1 Å². The minimum absolute atomic E-state index is 0.379. The Labute approximate surface area is 107 Å². The fourth-order valence-electron chi connectivity index (χ4n) is 4.04. The molecule has 0 spiro atoms. The van der Waals surface area contributed by atoms with Gasteiger partial charge in [-0.1, -0.05) is 6.92 Å². The maximum absolute atomic E-state index is 2.75. The van der Waals surface area contributed by atoms with Gasteiger partial charge in [-0.15, -0.1) is 0 Å². The maximum atomic E-state index is 2.75. The number of piperidine rings is 1. The zero-order valence-electron chi connectivity index (χ0n) is 12.6. The van der Waals surface area contributed by atoms with Crippen LogP contribution in [0.4, 0.5) is 0 Å². The third kappa shape index (κ3) is 1.94. The molecule has 2 heterocycles. The highest BCUT2D eigenvalue weighted by molar-refractivity contribution is 5.11. The van der Waals surface area contributed by atoms with Crippen molar-refractivity contribution < 1.29 is 0 Å². The standard InChI is InChI=1S/C15H30N2/c1-12(2)16-9-7-14(5)8-10-17(13(3)4)15(14,6)11-16/h12-13H,7-11H2,1-6H3/t14-,15-/m1/s1. The molecule has 0 bridgehead atoms. The molecule has 2 fully saturated rings. The van der Waals surface area contributed by atoms with Gasteiger partial charge in [-0.05, 0) is 66.0 Å². The molecule has 100 valence electrons. The third-order valence-electron chi connectivity index (χ3n) is 5.65. The number of hydrogen-bond acceptors (Lipinski definition) is 2. The van der Waals surface area contributed by atoms with E-state index in [0.29, 0.717) is 23.0 Å². The van der Waals surface area contributed by atoms with Crippen LogP contribution >= 0.6 is 0 Å². The van der Waals surface area contributed by atoms with Gasteiger partial charge in [0.25, 0.3) is 0 Å². The molecular weight excluding hydrogens is 208 g/mol. The van der Waals surface area contributed by atoms with E-state index < -0.39 is 0 Å². The molecule has 0 amide bonds. The summed E-state index contributed by atoms with van der Waals surface area (Å²) in [6.45, 7) is 18.2. The van der Waals surface area contributed by atoms with Gasteiger partial charge < -0.3 is 0 Å². The first-order valence-electron chi connectivity index (χ1n) is 7.31. The van der Waals surface area contributed by atoms with Crippen LogP contribution in [0, 0.1) is 5.41 Å². The molecule has 2 nitrogen and oxygen atoms in total. The van der Waals surface area contributed by atoms with Gasteiger partial charge in [0.2, 0.25) is 0 Å². The second-order valence-electron chi connectivity index (χ2n) is 7.19. The molecular formula is C15H30N2. The van der Waals surface area contributed by atoms with E-state index in [2.05, 4.69) is 51.3 Å². The Morgan fingerprint density at radius 3 is 2.00 bits per heavy atom. The summed E-state index contributed by atoms with van der Waals surface area (Å²) in [6, 6.07) is 1.36. The van der Waals surface area contributed by atoms with Crippen LogP contribution in [0.1, 0.15) is 54.4 Å². The molecule has 2 aliphatic heterocycles. The van der Waals surface area contributed by atoms with Gasteiger partial charge in [0.15, 0.2) is 0 Å². The van der Waals surface area contributed by atoms with Crippen LogP contribution in [0.3, 0.4) is 0 Å². The Morgan fingerprint density at radius 2 is 1.47 bits per heavy atom. The van der Waals surface area contributed by atoms with Gasteiger partial charge in [0.05, 0.1) is 0 Å². The largest absolute Gasteiger partial charge is 0.299 e. The second-order valence-corrected chi connectivity index (χ2v) is 7.19. The van der Waals surface area contributed by atoms with Crippen LogP contribution in [0.2, 0.25) is 0 Å². The van der Waals surface area contributed by atoms with Gasteiger partial charge in [-0.3, -0.25) is 9.80 Å². The van der Waals surface area contributed by atoms with Gasteiger partial charge in [0.1, 0.15) is 0 Å². The van der Waals surface area contributed by atoms with Crippen molar-refractivity contribution in [2.24, 2.45) is 5.41 Å². The maximum Gasteiger partial charge on any atom is 0.0365 e. The van der Waals surface area contributed by atoms with Crippen molar-refractivity contribution in [3.05, 3.63) is 0 Å². The number of likely N-dealkylation sites (tertiary alicyclic amines) is 2. The predicted octanol–water partition coefficient (Wildman–Crippen LogP) is 2.98. The van der Waals surface area contributed by atoms with Crippen molar-refractivity contribution >= 4 is 0 Å². The number of rotatable bonds is 2. The fraction of sp³-hybridized carbons (Fsp3) is 1.00. The zero-order chi connectivity index (χ0) is 12.8. The molecule has 0 unspecified atom stereocenters. The Morgan fingerprint density at radius 1 is 0.882 bits per heavy atom. The number of fused-ring (bicyclic) bond motifs is 1. The summed E-state index contributed by atoms with van der Waals surface area (Å²) in [6.07, 6.45) is 2.75. The summed E-state index contributed by atoms with van der Waals surface area (Å²) in [5.74, 6) is 0. The van der Waals surface area contributed by atoms with Gasteiger partial charge >= 0.3 is 0 Å². The highest BCUT2D eigenvalue weighted by Gasteiger charge is 2.56. The van der Waals surface area contributed by atoms with Gasteiger partial charge in [-0.2, -0.15) is 0 Å². The van der Waals surface area contributed by atoms with E-state index in [4.69, 9.17) is 0 Å². The molecule has 0 aromatic heterocycles. The van der Waals surface area contributed by atoms with E-state index >= 15 is 0 Å². The lowest BCUT2D eigenvalue weighted by atomic mass is 9.67. The van der Waals surface area contributed by atoms with E-state index in [-0.39, 0.29) is 0 Å². The number of nitrogens with zero attached hydrogens (tertiary/aromatic N) is 2. The molecule has 2 heteroatoms. The van der Waals surface area contributed by atoms with Crippen LogP contribution < -0.4 is 0 Å². The van der Waals surface area contributed by atoms with E-state index in [1.165, 1.54) is 32.5 Å². The average molecular weight is 238 g/mol. The lowest BCUT2D eigenvalue weighted by Crippen LogP contribution is -2.63. The highest BCUT2D eigenvalue weighted by atomic mass is 15.3. The van der Waals surface area contributed by atoms with Crippen LogP contribution in [0.25, 0.3) is 0 Å². The van der Waals surface area contributed by atoms with E-state index in [1.54, 1.807) is 0 Å². The Kier molecular flexibility index (Phi) is 3.33. The third-order valence-corrected chi connectivity index (χ3v) is 5.65. The first-order valence-corrected chi connectivity index (χ1v) is 7.31. The summed E-state index contributed by atoms with van der Waals surface area (Å²) in [5.41, 5.74) is 0.909. The van der Waals surface area contributed by atoms with Crippen molar-refractivity contribution in [1.29, 1.82) is 0 Å². The summed E-state index contributed by atoms with van der Waals surface area (Å²) < 4.78 is 0. The van der Waals surface area contributed by atoms with Crippen molar-refractivity contribution in [3.8, 4) is 0 Å². The van der Waals surface area contributed by atoms with E-state index in [1.807, 2.05) is 0 Å². The molecule has 2 saturated heterocycles. The Bertz CT molecular complexity index is 287. The molecule has 0 saturated carbocycles. The Balaban J connectivity index is 2.25. The molecule has 0 radical (unpaired) electrons. The lowest BCUT2D eigenvalue weighted by molar-refractivity contribution is -0.0434. The molecule has 2 aliphatic rings. The molecule has 0 aromatic carbocycles. The molecule has 0 aromatic rings. The van der Waals surface area contributed by atoms with E-state index in [9.17, 15) is 0 Å². The molecule has 2 rings (SSSR count). The van der Waals surface area contributed by atoms with Gasteiger partial charge in [0, 0.05) is 24.2 Å². The summed E-state index contributed by atoms with van der Waals surface area (Å²) >= 11 is 0. The number of hydrogen-bond donors (Lipinski definition) is 0. The first-order chi connectivity index (χ1) is 7.80. The van der Waals surface area contributed by atoms with Crippen molar-refractivity contribution in [1.82, 2.24) is 9.80 Å². The second kappa shape index (κ2) is 4.24. The summed E-state index contributed by atoms with van der Waals surface area (Å²) in [4.78, 5) is 5.42. The van der Waals surface area contributed by atoms with E-state index in [0.717, 1.165) is 0 Å². The molecule has 2 atom stereocenters. The monoisotopic (exact) mass is 238 g/mol. The van der Waals surface area contributed by atoms with Crippen LogP contribution in [-0.2, 0) is 0 Å². The first kappa shape index (κ1) is 13.4. The molecule has 17 heavy (non-hydrogen) atoms. The lowest BCUT2D eigenvalue weighted by Gasteiger charge is -2.54. The topological polar surface area (TPSA) is 6.48 Å². The minimum atomic E-state index is 0.379. The molecule has 0 N–H and O–H groups in total. The predicted molar refractivity (Wildman–Crippen MR) is 74.3 cm³/mol.